The maximum atomic E-state index is 11.7. The normalized spacial score (nSPS) is 29.7. The molecule has 2 unspecified atom stereocenters. The van der Waals surface area contributed by atoms with E-state index < -0.39 is 0 Å². The second-order valence-corrected chi connectivity index (χ2v) is 7.68. The molecule has 2 atom stereocenters. The molecule has 6 nitrogen and oxygen atoms in total. The van der Waals surface area contributed by atoms with Crippen LogP contribution in [0.25, 0.3) is 0 Å². The number of hydrogen-bond acceptors (Lipinski definition) is 4. The zero-order valence-electron chi connectivity index (χ0n) is 15.2. The van der Waals surface area contributed by atoms with Crippen molar-refractivity contribution in [3.63, 3.8) is 0 Å². The third-order valence-electron chi connectivity index (χ3n) is 5.95. The maximum absolute atomic E-state index is 11.7. The van der Waals surface area contributed by atoms with Gasteiger partial charge in [0.2, 0.25) is 11.8 Å². The molecule has 0 saturated carbocycles. The molecular weight excluding hydrogens is 304 g/mol. The molecule has 136 valence electrons. The Morgan fingerprint density at radius 3 is 2.46 bits per heavy atom. The number of nitrogens with zero attached hydrogens (tertiary/aromatic N) is 4. The Morgan fingerprint density at radius 1 is 1.08 bits per heavy atom. The highest BCUT2D eigenvalue weighted by atomic mass is 16.2. The lowest BCUT2D eigenvalue weighted by Gasteiger charge is -2.39. The van der Waals surface area contributed by atoms with E-state index in [0.717, 1.165) is 78.2 Å². The topological polar surface area (TPSA) is 47.1 Å². The van der Waals surface area contributed by atoms with Crippen molar-refractivity contribution in [1.82, 2.24) is 19.6 Å². The molecule has 0 N–H and O–H groups in total. The first-order valence-corrected chi connectivity index (χ1v) is 9.54. The summed E-state index contributed by atoms with van der Waals surface area (Å²) >= 11 is 0. The van der Waals surface area contributed by atoms with Crippen LogP contribution in [0, 0.1) is 5.92 Å². The molecule has 3 heterocycles. The van der Waals surface area contributed by atoms with Crippen molar-refractivity contribution in [3.05, 3.63) is 0 Å². The van der Waals surface area contributed by atoms with Crippen LogP contribution in [0.4, 0.5) is 0 Å². The molecule has 3 rings (SSSR count). The van der Waals surface area contributed by atoms with Crippen LogP contribution in [0.5, 0.6) is 0 Å². The molecule has 3 fully saturated rings. The van der Waals surface area contributed by atoms with Gasteiger partial charge in [-0.3, -0.25) is 14.5 Å². The highest BCUT2D eigenvalue weighted by Crippen LogP contribution is 2.23. The third kappa shape index (κ3) is 4.09. The molecule has 2 amide bonds. The van der Waals surface area contributed by atoms with Crippen LogP contribution in [-0.2, 0) is 9.59 Å². The van der Waals surface area contributed by atoms with Gasteiger partial charge in [0.05, 0.1) is 0 Å². The van der Waals surface area contributed by atoms with Crippen molar-refractivity contribution >= 4 is 11.8 Å². The van der Waals surface area contributed by atoms with Crippen LogP contribution in [0.1, 0.15) is 33.1 Å². The number of carbonyl (C=O) groups is 2. The van der Waals surface area contributed by atoms with Crippen molar-refractivity contribution in [2.24, 2.45) is 5.92 Å². The standard InChI is InChI=1S/C18H32N4O2/c1-15-13-19(6-4-8-22-7-3-5-18(22)24)14-17(15)21-11-9-20(10-12-21)16(2)23/h15,17H,3-14H2,1-2H3. The number of rotatable bonds is 5. The van der Waals surface area contributed by atoms with Gasteiger partial charge >= 0.3 is 0 Å². The smallest absolute Gasteiger partial charge is 0.222 e. The summed E-state index contributed by atoms with van der Waals surface area (Å²) in [7, 11) is 0. The lowest BCUT2D eigenvalue weighted by atomic mass is 10.0. The summed E-state index contributed by atoms with van der Waals surface area (Å²) < 4.78 is 0. The molecule has 3 aliphatic rings. The largest absolute Gasteiger partial charge is 0.343 e. The molecular formula is C18H32N4O2. The summed E-state index contributed by atoms with van der Waals surface area (Å²) in [6, 6.07) is 0.618. The van der Waals surface area contributed by atoms with Crippen molar-refractivity contribution in [3.8, 4) is 0 Å². The van der Waals surface area contributed by atoms with Gasteiger partial charge in [0.25, 0.3) is 0 Å². The lowest BCUT2D eigenvalue weighted by Crippen LogP contribution is -2.53. The van der Waals surface area contributed by atoms with E-state index in [1.807, 2.05) is 9.80 Å². The van der Waals surface area contributed by atoms with Crippen molar-refractivity contribution in [2.45, 2.75) is 39.2 Å². The fraction of sp³-hybridized carbons (Fsp3) is 0.889. The van der Waals surface area contributed by atoms with E-state index in [2.05, 4.69) is 16.7 Å². The average molecular weight is 336 g/mol. The summed E-state index contributed by atoms with van der Waals surface area (Å²) in [6.07, 6.45) is 2.87. The van der Waals surface area contributed by atoms with Crippen LogP contribution >= 0.6 is 0 Å². The van der Waals surface area contributed by atoms with Crippen molar-refractivity contribution in [2.75, 3.05) is 58.9 Å². The van der Waals surface area contributed by atoms with Gasteiger partial charge in [0, 0.05) is 71.7 Å². The van der Waals surface area contributed by atoms with Crippen molar-refractivity contribution in [1.29, 1.82) is 0 Å². The zero-order chi connectivity index (χ0) is 17.1. The second-order valence-electron chi connectivity index (χ2n) is 7.68. The molecule has 0 bridgehead atoms. The highest BCUT2D eigenvalue weighted by Gasteiger charge is 2.35. The number of piperazine rings is 1. The predicted molar refractivity (Wildman–Crippen MR) is 93.7 cm³/mol. The first-order valence-electron chi connectivity index (χ1n) is 9.54. The second kappa shape index (κ2) is 7.83. The van der Waals surface area contributed by atoms with Gasteiger partial charge in [0.1, 0.15) is 0 Å². The average Bonchev–Trinajstić information content (AvgIpc) is 3.13. The Morgan fingerprint density at radius 2 is 1.83 bits per heavy atom. The first-order chi connectivity index (χ1) is 11.5. The molecule has 3 aliphatic heterocycles. The lowest BCUT2D eigenvalue weighted by molar-refractivity contribution is -0.131. The summed E-state index contributed by atoms with van der Waals surface area (Å²) in [5, 5.41) is 0. The van der Waals surface area contributed by atoms with Gasteiger partial charge in [-0.1, -0.05) is 6.92 Å². The van der Waals surface area contributed by atoms with E-state index in [0.29, 0.717) is 17.9 Å². The summed E-state index contributed by atoms with van der Waals surface area (Å²) in [4.78, 5) is 32.3. The van der Waals surface area contributed by atoms with Gasteiger partial charge in [0.15, 0.2) is 0 Å². The zero-order valence-corrected chi connectivity index (χ0v) is 15.2. The highest BCUT2D eigenvalue weighted by molar-refractivity contribution is 5.78. The van der Waals surface area contributed by atoms with E-state index in [9.17, 15) is 9.59 Å². The molecule has 6 heteroatoms. The predicted octanol–water partition coefficient (Wildman–Crippen LogP) is 0.483. The van der Waals surface area contributed by atoms with Crippen molar-refractivity contribution < 1.29 is 9.59 Å². The van der Waals surface area contributed by atoms with E-state index in [1.165, 1.54) is 0 Å². The minimum Gasteiger partial charge on any atom is -0.343 e. The van der Waals surface area contributed by atoms with Gasteiger partial charge in [-0.15, -0.1) is 0 Å². The van der Waals surface area contributed by atoms with Crippen LogP contribution < -0.4 is 0 Å². The van der Waals surface area contributed by atoms with E-state index in [1.54, 1.807) is 6.92 Å². The molecule has 0 aromatic heterocycles. The van der Waals surface area contributed by atoms with Gasteiger partial charge in [-0.05, 0) is 25.3 Å². The Labute approximate surface area is 145 Å². The number of hydrogen-bond donors (Lipinski definition) is 0. The molecule has 0 radical (unpaired) electrons. The SMILES string of the molecule is CC(=O)N1CCN(C2CN(CCCN3CCCC3=O)CC2C)CC1. The molecule has 0 aliphatic carbocycles. The van der Waals surface area contributed by atoms with Crippen LogP contribution in [-0.4, -0.2) is 96.4 Å². The first kappa shape index (κ1) is 17.7. The number of likely N-dealkylation sites (tertiary alicyclic amines) is 2. The fourth-order valence-corrected chi connectivity index (χ4v) is 4.50. The Bertz CT molecular complexity index is 462. The van der Waals surface area contributed by atoms with Crippen LogP contribution in [0.2, 0.25) is 0 Å². The number of carbonyl (C=O) groups excluding carboxylic acids is 2. The molecule has 0 spiro atoms. The van der Waals surface area contributed by atoms with E-state index in [4.69, 9.17) is 0 Å². The van der Waals surface area contributed by atoms with Crippen LogP contribution in [0.3, 0.4) is 0 Å². The van der Waals surface area contributed by atoms with Gasteiger partial charge in [-0.2, -0.15) is 0 Å². The fourth-order valence-electron chi connectivity index (χ4n) is 4.50. The Kier molecular flexibility index (Phi) is 5.76. The monoisotopic (exact) mass is 336 g/mol. The molecule has 24 heavy (non-hydrogen) atoms. The quantitative estimate of drug-likeness (QED) is 0.733. The summed E-state index contributed by atoms with van der Waals surface area (Å²) in [5.41, 5.74) is 0. The maximum Gasteiger partial charge on any atom is 0.222 e. The van der Waals surface area contributed by atoms with Gasteiger partial charge < -0.3 is 14.7 Å². The molecule has 0 aromatic rings. The minimum absolute atomic E-state index is 0.201. The van der Waals surface area contributed by atoms with E-state index >= 15 is 0 Å². The number of amides is 2. The summed E-state index contributed by atoms with van der Waals surface area (Å²) in [6.45, 7) is 13.0. The van der Waals surface area contributed by atoms with E-state index in [-0.39, 0.29) is 5.91 Å². The van der Waals surface area contributed by atoms with Crippen LogP contribution in [0.15, 0.2) is 0 Å². The molecule has 0 aromatic carbocycles. The minimum atomic E-state index is 0.201. The third-order valence-corrected chi connectivity index (χ3v) is 5.95. The Balaban J connectivity index is 1.40. The van der Waals surface area contributed by atoms with Gasteiger partial charge in [-0.25, -0.2) is 0 Å². The molecule has 3 saturated heterocycles. The summed E-state index contributed by atoms with van der Waals surface area (Å²) in [5.74, 6) is 1.22. The Hall–Kier alpha value is -1.14.